The van der Waals surface area contributed by atoms with Crippen molar-refractivity contribution in [2.45, 2.75) is 38.8 Å². The second-order valence-electron chi connectivity index (χ2n) is 4.03. The molecule has 0 unspecified atom stereocenters. The van der Waals surface area contributed by atoms with Gasteiger partial charge in [0.15, 0.2) is 0 Å². The fraction of sp³-hybridized carbons (Fsp3) is 0.583. The Bertz CT molecular complexity index is 309. The van der Waals surface area contributed by atoms with Gasteiger partial charge < -0.3 is 10.5 Å². The summed E-state index contributed by atoms with van der Waals surface area (Å²) >= 11 is 3.34. The van der Waals surface area contributed by atoms with E-state index >= 15 is 0 Å². The summed E-state index contributed by atoms with van der Waals surface area (Å²) in [4.78, 5) is 4.24. The van der Waals surface area contributed by atoms with Crippen molar-refractivity contribution in [3.63, 3.8) is 0 Å². The molecule has 0 aromatic carbocycles. The number of nitrogens with two attached hydrogens (primary N) is 1. The third-order valence-electron chi connectivity index (χ3n) is 2.84. The zero-order chi connectivity index (χ0) is 12.0. The van der Waals surface area contributed by atoms with Crippen molar-refractivity contribution in [3.05, 3.63) is 28.5 Å². The highest BCUT2D eigenvalue weighted by molar-refractivity contribution is 9.10. The number of hydrogen-bond acceptors (Lipinski definition) is 3. The molecular formula is C12H19BrN2O. The molecule has 0 aliphatic heterocycles. The van der Waals surface area contributed by atoms with Crippen LogP contribution in [-0.2, 0) is 11.3 Å². The summed E-state index contributed by atoms with van der Waals surface area (Å²) in [5.74, 6) is 0. The largest absolute Gasteiger partial charge is 0.373 e. The minimum absolute atomic E-state index is 0.199. The maximum Gasteiger partial charge on any atom is 0.0888 e. The van der Waals surface area contributed by atoms with Crippen molar-refractivity contribution >= 4 is 15.9 Å². The number of ether oxygens (including phenoxy) is 1. The third kappa shape index (κ3) is 4.20. The van der Waals surface area contributed by atoms with Gasteiger partial charge in [-0.3, -0.25) is 4.98 Å². The molecule has 0 saturated heterocycles. The van der Waals surface area contributed by atoms with Crippen molar-refractivity contribution in [3.8, 4) is 0 Å². The average Bonchev–Trinajstić information content (AvgIpc) is 2.31. The molecule has 90 valence electrons. The van der Waals surface area contributed by atoms with Gasteiger partial charge in [-0.25, -0.2) is 0 Å². The number of rotatable bonds is 6. The van der Waals surface area contributed by atoms with E-state index in [0.29, 0.717) is 13.2 Å². The van der Waals surface area contributed by atoms with Gasteiger partial charge in [-0.05, 0) is 40.9 Å². The first-order valence-corrected chi connectivity index (χ1v) is 6.36. The van der Waals surface area contributed by atoms with Crippen LogP contribution in [0.2, 0.25) is 0 Å². The van der Waals surface area contributed by atoms with Crippen LogP contribution in [0.5, 0.6) is 0 Å². The van der Waals surface area contributed by atoms with E-state index in [-0.39, 0.29) is 5.54 Å². The maximum atomic E-state index is 6.13. The van der Waals surface area contributed by atoms with E-state index in [2.05, 4.69) is 34.8 Å². The lowest BCUT2D eigenvalue weighted by molar-refractivity contribution is 0.0677. The predicted molar refractivity (Wildman–Crippen MR) is 69.1 cm³/mol. The molecule has 1 aromatic heterocycles. The normalized spacial score (nSPS) is 11.8. The molecule has 4 heteroatoms. The molecule has 0 amide bonds. The van der Waals surface area contributed by atoms with Crippen LogP contribution in [0.3, 0.4) is 0 Å². The van der Waals surface area contributed by atoms with Crippen molar-refractivity contribution in [1.29, 1.82) is 0 Å². The Labute approximate surface area is 106 Å². The van der Waals surface area contributed by atoms with Gasteiger partial charge in [0.1, 0.15) is 0 Å². The highest BCUT2D eigenvalue weighted by Crippen LogP contribution is 2.13. The van der Waals surface area contributed by atoms with Crippen LogP contribution in [0.1, 0.15) is 32.4 Å². The first-order valence-electron chi connectivity index (χ1n) is 5.56. The molecule has 0 spiro atoms. The summed E-state index contributed by atoms with van der Waals surface area (Å²) in [7, 11) is 0. The number of nitrogens with zero attached hydrogens (tertiary/aromatic N) is 1. The van der Waals surface area contributed by atoms with Crippen LogP contribution in [0, 0.1) is 0 Å². The lowest BCUT2D eigenvalue weighted by Gasteiger charge is -2.26. The zero-order valence-electron chi connectivity index (χ0n) is 9.87. The van der Waals surface area contributed by atoms with E-state index in [1.165, 1.54) is 0 Å². The Kier molecular flexibility index (Phi) is 5.38. The molecule has 0 fully saturated rings. The summed E-state index contributed by atoms with van der Waals surface area (Å²) < 4.78 is 6.58. The lowest BCUT2D eigenvalue weighted by Crippen LogP contribution is -2.43. The smallest absolute Gasteiger partial charge is 0.0888 e. The number of pyridine rings is 1. The van der Waals surface area contributed by atoms with Gasteiger partial charge in [-0.2, -0.15) is 0 Å². The van der Waals surface area contributed by atoms with Crippen LogP contribution in [0.4, 0.5) is 0 Å². The third-order valence-corrected chi connectivity index (χ3v) is 3.31. The average molecular weight is 287 g/mol. The van der Waals surface area contributed by atoms with E-state index in [9.17, 15) is 0 Å². The summed E-state index contributed by atoms with van der Waals surface area (Å²) in [5.41, 5.74) is 6.86. The van der Waals surface area contributed by atoms with E-state index in [1.807, 2.05) is 12.1 Å². The van der Waals surface area contributed by atoms with Crippen molar-refractivity contribution in [2.75, 3.05) is 6.61 Å². The molecule has 0 bridgehead atoms. The summed E-state index contributed by atoms with van der Waals surface area (Å²) in [5, 5.41) is 0. The Hall–Kier alpha value is -0.450. The SMILES string of the molecule is CCC(N)(CC)COCc1ccc(Br)cn1. The van der Waals surface area contributed by atoms with Crippen LogP contribution in [0.25, 0.3) is 0 Å². The molecule has 0 atom stereocenters. The fourth-order valence-electron chi connectivity index (χ4n) is 1.30. The van der Waals surface area contributed by atoms with E-state index in [0.717, 1.165) is 23.0 Å². The summed E-state index contributed by atoms with van der Waals surface area (Å²) in [6.07, 6.45) is 3.63. The summed E-state index contributed by atoms with van der Waals surface area (Å²) in [6, 6.07) is 3.90. The van der Waals surface area contributed by atoms with Crippen molar-refractivity contribution in [2.24, 2.45) is 5.73 Å². The highest BCUT2D eigenvalue weighted by Gasteiger charge is 2.20. The second-order valence-corrected chi connectivity index (χ2v) is 4.95. The Morgan fingerprint density at radius 1 is 1.38 bits per heavy atom. The number of hydrogen-bond donors (Lipinski definition) is 1. The Morgan fingerprint density at radius 3 is 2.56 bits per heavy atom. The van der Waals surface area contributed by atoms with Gasteiger partial charge in [-0.1, -0.05) is 13.8 Å². The summed E-state index contributed by atoms with van der Waals surface area (Å²) in [6.45, 7) is 5.28. The molecule has 1 heterocycles. The van der Waals surface area contributed by atoms with E-state index in [4.69, 9.17) is 10.5 Å². The molecule has 2 N–H and O–H groups in total. The van der Waals surface area contributed by atoms with Crippen molar-refractivity contribution in [1.82, 2.24) is 4.98 Å². The molecule has 16 heavy (non-hydrogen) atoms. The van der Waals surface area contributed by atoms with Crippen LogP contribution in [0.15, 0.2) is 22.8 Å². The molecule has 0 aliphatic carbocycles. The first kappa shape index (κ1) is 13.6. The standard InChI is InChI=1S/C12H19BrN2O/c1-3-12(14,4-2)9-16-8-11-6-5-10(13)7-15-11/h5-7H,3-4,8-9,14H2,1-2H3. The Morgan fingerprint density at radius 2 is 2.06 bits per heavy atom. The van der Waals surface area contributed by atoms with Gasteiger partial charge in [0.05, 0.1) is 18.9 Å². The molecular weight excluding hydrogens is 268 g/mol. The van der Waals surface area contributed by atoms with Gasteiger partial charge in [0.25, 0.3) is 0 Å². The van der Waals surface area contributed by atoms with Gasteiger partial charge in [-0.15, -0.1) is 0 Å². The Balaban J connectivity index is 2.38. The molecule has 3 nitrogen and oxygen atoms in total. The zero-order valence-corrected chi connectivity index (χ0v) is 11.5. The lowest BCUT2D eigenvalue weighted by atomic mass is 9.96. The predicted octanol–water partition coefficient (Wildman–Crippen LogP) is 2.88. The molecule has 0 saturated carbocycles. The minimum atomic E-state index is -0.199. The monoisotopic (exact) mass is 286 g/mol. The molecule has 1 aromatic rings. The molecule has 1 rings (SSSR count). The van der Waals surface area contributed by atoms with Gasteiger partial charge in [0, 0.05) is 16.2 Å². The number of aromatic nitrogens is 1. The van der Waals surface area contributed by atoms with Gasteiger partial charge in [0.2, 0.25) is 0 Å². The molecule has 0 radical (unpaired) electrons. The first-order chi connectivity index (χ1) is 7.59. The van der Waals surface area contributed by atoms with Crippen LogP contribution < -0.4 is 5.73 Å². The maximum absolute atomic E-state index is 6.13. The number of halogens is 1. The van der Waals surface area contributed by atoms with E-state index in [1.54, 1.807) is 6.20 Å². The fourth-order valence-corrected chi connectivity index (χ4v) is 1.54. The highest BCUT2D eigenvalue weighted by atomic mass is 79.9. The topological polar surface area (TPSA) is 48.1 Å². The minimum Gasteiger partial charge on any atom is -0.373 e. The van der Waals surface area contributed by atoms with Crippen LogP contribution in [-0.4, -0.2) is 17.1 Å². The van der Waals surface area contributed by atoms with Crippen molar-refractivity contribution < 1.29 is 4.74 Å². The van der Waals surface area contributed by atoms with Gasteiger partial charge >= 0.3 is 0 Å². The second kappa shape index (κ2) is 6.33. The quantitative estimate of drug-likeness (QED) is 0.875. The molecule has 0 aliphatic rings. The van der Waals surface area contributed by atoms with E-state index < -0.39 is 0 Å². The van der Waals surface area contributed by atoms with Crippen LogP contribution >= 0.6 is 15.9 Å².